The Morgan fingerprint density at radius 2 is 1.79 bits per heavy atom. The summed E-state index contributed by atoms with van der Waals surface area (Å²) >= 11 is 3.43. The molecule has 2 atom stereocenters. The smallest absolute Gasteiger partial charge is 0.126 e. The molecule has 2 aliphatic heterocycles. The SMILES string of the molecule is Cc1cc2c(cc1C)[C@H](O)CC1(CCN(C[C@H](O)c3ccc(Br)cc3)CC1)O2. The van der Waals surface area contributed by atoms with Crippen LogP contribution in [0.3, 0.4) is 0 Å². The van der Waals surface area contributed by atoms with Crippen LogP contribution in [0.15, 0.2) is 40.9 Å². The second-order valence-electron chi connectivity index (χ2n) is 8.35. The van der Waals surface area contributed by atoms with Gasteiger partial charge in [0.2, 0.25) is 0 Å². The molecule has 1 spiro atoms. The summed E-state index contributed by atoms with van der Waals surface area (Å²) in [7, 11) is 0. The van der Waals surface area contributed by atoms with Gasteiger partial charge >= 0.3 is 0 Å². The highest BCUT2D eigenvalue weighted by Gasteiger charge is 2.43. The first-order valence-corrected chi connectivity index (χ1v) is 10.8. The van der Waals surface area contributed by atoms with Gasteiger partial charge in [-0.15, -0.1) is 0 Å². The Kier molecular flexibility index (Phi) is 5.53. The van der Waals surface area contributed by atoms with Crippen molar-refractivity contribution in [2.24, 2.45) is 0 Å². The molecular formula is C23H28BrNO3. The molecule has 0 aromatic heterocycles. The van der Waals surface area contributed by atoms with Crippen LogP contribution in [0.4, 0.5) is 0 Å². The fourth-order valence-corrected chi connectivity index (χ4v) is 4.65. The number of aryl methyl sites for hydroxylation is 2. The summed E-state index contributed by atoms with van der Waals surface area (Å²) in [5, 5.41) is 21.3. The van der Waals surface area contributed by atoms with E-state index in [-0.39, 0.29) is 5.60 Å². The van der Waals surface area contributed by atoms with E-state index < -0.39 is 12.2 Å². The molecule has 150 valence electrons. The van der Waals surface area contributed by atoms with Gasteiger partial charge in [-0.25, -0.2) is 0 Å². The first-order valence-electron chi connectivity index (χ1n) is 9.99. The monoisotopic (exact) mass is 445 g/mol. The third-order valence-electron chi connectivity index (χ3n) is 6.33. The summed E-state index contributed by atoms with van der Waals surface area (Å²) < 4.78 is 7.48. The van der Waals surface area contributed by atoms with E-state index in [1.807, 2.05) is 24.3 Å². The maximum atomic E-state index is 10.7. The van der Waals surface area contributed by atoms with E-state index >= 15 is 0 Å². The first-order chi connectivity index (χ1) is 13.3. The largest absolute Gasteiger partial charge is 0.487 e. The van der Waals surface area contributed by atoms with Crippen molar-refractivity contribution >= 4 is 15.9 Å². The lowest BCUT2D eigenvalue weighted by Crippen LogP contribution is -2.51. The zero-order chi connectivity index (χ0) is 19.9. The van der Waals surface area contributed by atoms with Gasteiger partial charge in [0.05, 0.1) is 12.2 Å². The predicted octanol–water partition coefficient (Wildman–Crippen LogP) is 4.45. The lowest BCUT2D eigenvalue weighted by molar-refractivity contribution is -0.0588. The molecule has 0 aliphatic carbocycles. The minimum absolute atomic E-state index is 0.298. The lowest BCUT2D eigenvalue weighted by atomic mass is 9.81. The summed E-state index contributed by atoms with van der Waals surface area (Å²) in [4.78, 5) is 2.30. The molecule has 2 N–H and O–H groups in total. The molecule has 2 aromatic carbocycles. The molecule has 2 heterocycles. The Balaban J connectivity index is 1.41. The van der Waals surface area contributed by atoms with E-state index in [4.69, 9.17) is 4.74 Å². The van der Waals surface area contributed by atoms with Crippen molar-refractivity contribution in [2.75, 3.05) is 19.6 Å². The number of piperidine rings is 1. The highest BCUT2D eigenvalue weighted by molar-refractivity contribution is 9.10. The topological polar surface area (TPSA) is 52.9 Å². The van der Waals surface area contributed by atoms with Crippen LogP contribution in [0.25, 0.3) is 0 Å². The van der Waals surface area contributed by atoms with E-state index in [1.54, 1.807) is 0 Å². The summed E-state index contributed by atoms with van der Waals surface area (Å²) in [5.74, 6) is 0.838. The van der Waals surface area contributed by atoms with Crippen molar-refractivity contribution in [1.29, 1.82) is 0 Å². The average Bonchev–Trinajstić information content (AvgIpc) is 2.66. The van der Waals surface area contributed by atoms with Gasteiger partial charge in [0.1, 0.15) is 11.4 Å². The summed E-state index contributed by atoms with van der Waals surface area (Å²) in [5.41, 5.74) is 3.94. The van der Waals surface area contributed by atoms with E-state index in [1.165, 1.54) is 11.1 Å². The minimum Gasteiger partial charge on any atom is -0.487 e. The number of benzene rings is 2. The van der Waals surface area contributed by atoms with Gasteiger partial charge in [0.25, 0.3) is 0 Å². The molecule has 0 unspecified atom stereocenters. The van der Waals surface area contributed by atoms with Crippen LogP contribution in [0.5, 0.6) is 5.75 Å². The van der Waals surface area contributed by atoms with Crippen molar-refractivity contribution < 1.29 is 14.9 Å². The molecule has 0 radical (unpaired) electrons. The Morgan fingerprint density at radius 3 is 2.46 bits per heavy atom. The number of aliphatic hydroxyl groups is 2. The van der Waals surface area contributed by atoms with E-state index in [2.05, 4.69) is 46.8 Å². The Bertz CT molecular complexity index is 844. The van der Waals surface area contributed by atoms with Gasteiger partial charge in [-0.05, 0) is 67.6 Å². The molecule has 0 bridgehead atoms. The minimum atomic E-state index is -0.494. The number of fused-ring (bicyclic) bond motifs is 1. The number of nitrogens with zero attached hydrogens (tertiary/aromatic N) is 1. The average molecular weight is 446 g/mol. The van der Waals surface area contributed by atoms with E-state index in [0.717, 1.165) is 47.3 Å². The van der Waals surface area contributed by atoms with Crippen LogP contribution < -0.4 is 4.74 Å². The molecule has 5 heteroatoms. The van der Waals surface area contributed by atoms with Crippen LogP contribution in [0.2, 0.25) is 0 Å². The molecule has 2 aliphatic rings. The van der Waals surface area contributed by atoms with Crippen molar-refractivity contribution in [2.45, 2.75) is 50.9 Å². The summed E-state index contributed by atoms with van der Waals surface area (Å²) in [6, 6.07) is 12.0. The van der Waals surface area contributed by atoms with Gasteiger partial charge in [0.15, 0.2) is 0 Å². The van der Waals surface area contributed by atoms with E-state index in [9.17, 15) is 10.2 Å². The van der Waals surface area contributed by atoms with Gasteiger partial charge < -0.3 is 19.8 Å². The van der Waals surface area contributed by atoms with Crippen molar-refractivity contribution in [3.05, 3.63) is 63.1 Å². The number of hydrogen-bond donors (Lipinski definition) is 2. The van der Waals surface area contributed by atoms with Gasteiger partial charge in [-0.3, -0.25) is 0 Å². The van der Waals surface area contributed by atoms with Crippen molar-refractivity contribution in [3.63, 3.8) is 0 Å². The van der Waals surface area contributed by atoms with Crippen molar-refractivity contribution in [1.82, 2.24) is 4.90 Å². The quantitative estimate of drug-likeness (QED) is 0.732. The number of β-amino-alcohol motifs (C(OH)–C–C–N with tert-alkyl or cyclic N) is 1. The third kappa shape index (κ3) is 3.99. The summed E-state index contributed by atoms with van der Waals surface area (Å²) in [6.07, 6.45) is 1.41. The van der Waals surface area contributed by atoms with Gasteiger partial charge in [0, 0.05) is 36.1 Å². The maximum Gasteiger partial charge on any atom is 0.126 e. The zero-order valence-corrected chi connectivity index (χ0v) is 18.1. The second kappa shape index (κ2) is 7.79. The van der Waals surface area contributed by atoms with Crippen LogP contribution in [-0.2, 0) is 0 Å². The van der Waals surface area contributed by atoms with Crippen LogP contribution in [0, 0.1) is 13.8 Å². The molecule has 1 saturated heterocycles. The third-order valence-corrected chi connectivity index (χ3v) is 6.86. The molecule has 2 aromatic rings. The van der Waals surface area contributed by atoms with Gasteiger partial charge in [-0.2, -0.15) is 0 Å². The highest BCUT2D eigenvalue weighted by atomic mass is 79.9. The number of hydrogen-bond acceptors (Lipinski definition) is 4. The van der Waals surface area contributed by atoms with Crippen molar-refractivity contribution in [3.8, 4) is 5.75 Å². The Morgan fingerprint density at radius 1 is 1.14 bits per heavy atom. The molecule has 4 rings (SSSR count). The van der Waals surface area contributed by atoms with Crippen LogP contribution in [-0.4, -0.2) is 40.3 Å². The number of likely N-dealkylation sites (tertiary alicyclic amines) is 1. The molecule has 4 nitrogen and oxygen atoms in total. The highest BCUT2D eigenvalue weighted by Crippen LogP contribution is 2.45. The fraction of sp³-hybridized carbons (Fsp3) is 0.478. The zero-order valence-electron chi connectivity index (χ0n) is 16.5. The Labute approximate surface area is 175 Å². The standard InChI is InChI=1S/C23H28BrNO3/c1-15-11-19-20(26)13-23(28-22(19)12-16(15)2)7-9-25(10-8-23)14-21(27)17-3-5-18(24)6-4-17/h3-6,11-12,20-21,26-27H,7-10,13-14H2,1-2H3/t20-,21+/m1/s1. The molecular weight excluding hydrogens is 418 g/mol. The fourth-order valence-electron chi connectivity index (χ4n) is 4.38. The first kappa shape index (κ1) is 19.9. The lowest BCUT2D eigenvalue weighted by Gasteiger charge is -2.46. The van der Waals surface area contributed by atoms with E-state index in [0.29, 0.717) is 13.0 Å². The second-order valence-corrected chi connectivity index (χ2v) is 9.26. The number of rotatable bonds is 3. The maximum absolute atomic E-state index is 10.7. The number of halogens is 1. The molecule has 0 amide bonds. The predicted molar refractivity (Wildman–Crippen MR) is 114 cm³/mol. The Hall–Kier alpha value is -1.40. The van der Waals surface area contributed by atoms with Crippen LogP contribution >= 0.6 is 15.9 Å². The van der Waals surface area contributed by atoms with Crippen LogP contribution in [0.1, 0.15) is 53.7 Å². The molecule has 28 heavy (non-hydrogen) atoms. The number of aliphatic hydroxyl groups excluding tert-OH is 2. The van der Waals surface area contributed by atoms with Gasteiger partial charge in [-0.1, -0.05) is 28.1 Å². The molecule has 0 saturated carbocycles. The summed E-state index contributed by atoms with van der Waals surface area (Å²) in [6.45, 7) is 6.50. The number of ether oxygens (including phenoxy) is 1. The molecule has 1 fully saturated rings. The normalized spacial score (nSPS) is 22.5.